The van der Waals surface area contributed by atoms with E-state index in [0.29, 0.717) is 32.1 Å². The maximum Gasteiger partial charge on any atom is 0.224 e. The molecule has 0 aliphatic carbocycles. The van der Waals surface area contributed by atoms with Gasteiger partial charge in [-0.1, -0.05) is 0 Å². The van der Waals surface area contributed by atoms with Gasteiger partial charge in [0.2, 0.25) is 5.91 Å². The molecule has 0 unspecified atom stereocenters. The number of hydrogen-bond acceptors (Lipinski definition) is 6. The summed E-state index contributed by atoms with van der Waals surface area (Å²) in [5, 5.41) is 10.3. The first-order valence-electron chi connectivity index (χ1n) is 9.96. The third-order valence-corrected chi connectivity index (χ3v) is 5.82. The molecule has 7 nitrogen and oxygen atoms in total. The Morgan fingerprint density at radius 2 is 1.88 bits per heavy atom. The van der Waals surface area contributed by atoms with Crippen molar-refractivity contribution in [2.75, 3.05) is 53.6 Å². The molecule has 3 aliphatic rings. The highest BCUT2D eigenvalue weighted by molar-refractivity contribution is 5.76. The Balaban J connectivity index is 1.62. The number of hydrogen-bond donors (Lipinski definition) is 1. The van der Waals surface area contributed by atoms with E-state index in [0.717, 1.165) is 45.4 Å². The number of rotatable bonds is 4. The molecule has 0 spiro atoms. The minimum absolute atomic E-state index is 0.0314. The van der Waals surface area contributed by atoms with Gasteiger partial charge in [-0.15, -0.1) is 0 Å². The maximum atomic E-state index is 12.0. The SMILES string of the molecule is CN(C)C(=O)C[C@H]1CC[C@H]2[C@@H](COC[C@@H](O)CN2CC2CCOCC2)O1. The molecule has 0 aromatic heterocycles. The van der Waals surface area contributed by atoms with Gasteiger partial charge < -0.3 is 24.2 Å². The lowest BCUT2D eigenvalue weighted by Crippen LogP contribution is -2.57. The first-order valence-corrected chi connectivity index (χ1v) is 9.96. The lowest BCUT2D eigenvalue weighted by Gasteiger charge is -2.45. The quantitative estimate of drug-likeness (QED) is 0.777. The Bertz CT molecular complexity index is 455. The summed E-state index contributed by atoms with van der Waals surface area (Å²) >= 11 is 0. The fourth-order valence-electron chi connectivity index (χ4n) is 4.29. The monoisotopic (exact) mass is 370 g/mol. The molecule has 3 saturated heterocycles. The summed E-state index contributed by atoms with van der Waals surface area (Å²) in [6.07, 6.45) is 3.93. The Kier molecular flexibility index (Phi) is 7.28. The van der Waals surface area contributed by atoms with Gasteiger partial charge in [-0.2, -0.15) is 0 Å². The van der Waals surface area contributed by atoms with E-state index in [9.17, 15) is 9.90 Å². The van der Waals surface area contributed by atoms with Crippen molar-refractivity contribution >= 4 is 5.91 Å². The molecule has 0 bridgehead atoms. The van der Waals surface area contributed by atoms with Crippen molar-refractivity contribution < 1.29 is 24.1 Å². The topological polar surface area (TPSA) is 71.5 Å². The van der Waals surface area contributed by atoms with Gasteiger partial charge in [-0.3, -0.25) is 9.69 Å². The van der Waals surface area contributed by atoms with Crippen LogP contribution in [-0.4, -0.2) is 98.8 Å². The minimum atomic E-state index is -0.455. The summed E-state index contributed by atoms with van der Waals surface area (Å²) in [6.45, 7) is 4.11. The predicted octanol–water partition coefficient (Wildman–Crippen LogP) is 0.501. The summed E-state index contributed by atoms with van der Waals surface area (Å²) in [6, 6.07) is 0.249. The first kappa shape index (κ1) is 20.0. The zero-order chi connectivity index (χ0) is 18.5. The van der Waals surface area contributed by atoms with Crippen LogP contribution in [-0.2, 0) is 19.0 Å². The fourth-order valence-corrected chi connectivity index (χ4v) is 4.29. The first-order chi connectivity index (χ1) is 12.5. The molecule has 1 amide bonds. The smallest absolute Gasteiger partial charge is 0.224 e. The van der Waals surface area contributed by atoms with E-state index in [4.69, 9.17) is 14.2 Å². The van der Waals surface area contributed by atoms with Crippen LogP contribution in [0.3, 0.4) is 0 Å². The summed E-state index contributed by atoms with van der Waals surface area (Å²) in [5.74, 6) is 0.722. The van der Waals surface area contributed by atoms with Crippen LogP contribution < -0.4 is 0 Å². The second kappa shape index (κ2) is 9.46. The van der Waals surface area contributed by atoms with Crippen LogP contribution in [0.1, 0.15) is 32.1 Å². The van der Waals surface area contributed by atoms with Gasteiger partial charge in [0.25, 0.3) is 0 Å². The number of aliphatic hydroxyl groups excluding tert-OH is 1. The van der Waals surface area contributed by atoms with Crippen LogP contribution in [0.4, 0.5) is 0 Å². The van der Waals surface area contributed by atoms with Crippen molar-refractivity contribution in [2.24, 2.45) is 5.92 Å². The summed E-state index contributed by atoms with van der Waals surface area (Å²) in [7, 11) is 3.56. The van der Waals surface area contributed by atoms with Gasteiger partial charge >= 0.3 is 0 Å². The number of fused-ring (bicyclic) bond motifs is 1. The van der Waals surface area contributed by atoms with Crippen molar-refractivity contribution in [1.29, 1.82) is 0 Å². The molecule has 4 atom stereocenters. The highest BCUT2D eigenvalue weighted by Gasteiger charge is 2.38. The number of carbonyl (C=O) groups is 1. The molecule has 3 rings (SSSR count). The van der Waals surface area contributed by atoms with Crippen molar-refractivity contribution in [2.45, 2.75) is 56.5 Å². The largest absolute Gasteiger partial charge is 0.389 e. The number of β-amino-alcohol motifs (C(OH)–C–C–N with tert-alkyl or cyclic N) is 1. The molecule has 3 aliphatic heterocycles. The van der Waals surface area contributed by atoms with Gasteiger partial charge in [0.1, 0.15) is 0 Å². The van der Waals surface area contributed by atoms with Gasteiger partial charge in [-0.05, 0) is 31.6 Å². The van der Waals surface area contributed by atoms with E-state index in [1.165, 1.54) is 0 Å². The highest BCUT2D eigenvalue weighted by Crippen LogP contribution is 2.29. The van der Waals surface area contributed by atoms with Crippen LogP contribution in [0, 0.1) is 5.92 Å². The molecule has 1 N–H and O–H groups in total. The van der Waals surface area contributed by atoms with Gasteiger partial charge in [-0.25, -0.2) is 0 Å². The van der Waals surface area contributed by atoms with E-state index in [1.807, 2.05) is 0 Å². The van der Waals surface area contributed by atoms with Crippen molar-refractivity contribution in [3.8, 4) is 0 Å². The zero-order valence-electron chi connectivity index (χ0n) is 16.1. The van der Waals surface area contributed by atoms with Gasteiger partial charge in [0.05, 0.1) is 37.9 Å². The molecular weight excluding hydrogens is 336 g/mol. The summed E-state index contributed by atoms with van der Waals surface area (Å²) in [4.78, 5) is 16.1. The Hall–Kier alpha value is -0.730. The van der Waals surface area contributed by atoms with Gasteiger partial charge in [0, 0.05) is 46.4 Å². The van der Waals surface area contributed by atoms with E-state index in [2.05, 4.69) is 4.90 Å². The standard InChI is InChI=1S/C19H34N2O5/c1-20(2)19(23)9-16-3-4-17-18(26-16)13-25-12-15(22)11-21(17)10-14-5-7-24-8-6-14/h14-18,22H,3-13H2,1-2H3/t15-,16+,17-,18+/m0/s1. The molecule has 3 fully saturated rings. The minimum Gasteiger partial charge on any atom is -0.389 e. The van der Waals surface area contributed by atoms with E-state index in [1.54, 1.807) is 19.0 Å². The number of nitrogens with zero attached hydrogens (tertiary/aromatic N) is 2. The number of carbonyl (C=O) groups excluding carboxylic acids is 1. The van der Waals surface area contributed by atoms with Crippen molar-refractivity contribution in [3.05, 3.63) is 0 Å². The number of ether oxygens (including phenoxy) is 3. The molecule has 3 heterocycles. The average Bonchev–Trinajstić information content (AvgIpc) is 2.61. The van der Waals surface area contributed by atoms with E-state index in [-0.39, 0.29) is 24.2 Å². The molecule has 150 valence electrons. The van der Waals surface area contributed by atoms with Crippen molar-refractivity contribution in [1.82, 2.24) is 9.80 Å². The molecule has 7 heteroatoms. The number of aliphatic hydroxyl groups is 1. The van der Waals surface area contributed by atoms with E-state index < -0.39 is 6.10 Å². The molecule has 26 heavy (non-hydrogen) atoms. The van der Waals surface area contributed by atoms with Crippen molar-refractivity contribution in [3.63, 3.8) is 0 Å². The van der Waals surface area contributed by atoms with Crippen LogP contribution in [0.2, 0.25) is 0 Å². The van der Waals surface area contributed by atoms with E-state index >= 15 is 0 Å². The van der Waals surface area contributed by atoms with Gasteiger partial charge in [0.15, 0.2) is 0 Å². The second-order valence-corrected chi connectivity index (χ2v) is 8.13. The maximum absolute atomic E-state index is 12.0. The third-order valence-electron chi connectivity index (χ3n) is 5.82. The molecule has 0 radical (unpaired) electrons. The van der Waals surface area contributed by atoms with Crippen LogP contribution in [0.15, 0.2) is 0 Å². The summed E-state index contributed by atoms with van der Waals surface area (Å²) < 4.78 is 17.4. The van der Waals surface area contributed by atoms with Crippen LogP contribution in [0.25, 0.3) is 0 Å². The number of amides is 1. The summed E-state index contributed by atoms with van der Waals surface area (Å²) in [5.41, 5.74) is 0. The Morgan fingerprint density at radius 1 is 1.12 bits per heavy atom. The van der Waals surface area contributed by atoms with Crippen LogP contribution in [0.5, 0.6) is 0 Å². The lowest BCUT2D eigenvalue weighted by atomic mass is 9.92. The molecule has 0 saturated carbocycles. The highest BCUT2D eigenvalue weighted by atomic mass is 16.5. The molecular formula is C19H34N2O5. The predicted molar refractivity (Wildman–Crippen MR) is 96.9 cm³/mol. The normalized spacial score (nSPS) is 34.6. The average molecular weight is 370 g/mol. The Morgan fingerprint density at radius 3 is 2.62 bits per heavy atom. The second-order valence-electron chi connectivity index (χ2n) is 8.13. The fraction of sp³-hybridized carbons (Fsp3) is 0.947. The lowest BCUT2D eigenvalue weighted by molar-refractivity contribution is -0.161. The molecule has 0 aromatic carbocycles. The zero-order valence-corrected chi connectivity index (χ0v) is 16.1. The molecule has 0 aromatic rings. The van der Waals surface area contributed by atoms with Crippen LogP contribution >= 0.6 is 0 Å². The Labute approximate surface area is 156 Å². The third kappa shape index (κ3) is 5.39.